The number of benzene rings is 1. The first-order valence-electron chi connectivity index (χ1n) is 7.87. The molecule has 1 N–H and O–H groups in total. The summed E-state index contributed by atoms with van der Waals surface area (Å²) >= 11 is 0. The molecule has 0 atom stereocenters. The maximum absolute atomic E-state index is 12.3. The second kappa shape index (κ2) is 6.36. The molecule has 1 saturated carbocycles. The molecular weight excluding hydrogens is 294 g/mol. The molecule has 1 aromatic heterocycles. The molecule has 1 aromatic carbocycles. The summed E-state index contributed by atoms with van der Waals surface area (Å²) in [4.78, 5) is 12.3. The second-order valence-corrected chi connectivity index (χ2v) is 6.10. The third-order valence-electron chi connectivity index (χ3n) is 3.93. The van der Waals surface area contributed by atoms with Gasteiger partial charge in [-0.1, -0.05) is 12.1 Å². The molecule has 0 bridgehead atoms. The summed E-state index contributed by atoms with van der Waals surface area (Å²) in [5.74, 6) is 0.855. The van der Waals surface area contributed by atoms with Gasteiger partial charge in [0.2, 0.25) is 5.91 Å². The molecule has 0 radical (unpaired) electrons. The number of carbonyl (C=O) groups is 1. The zero-order chi connectivity index (χ0) is 16.3. The molecule has 1 heterocycles. The molecule has 0 unspecified atom stereocenters. The quantitative estimate of drug-likeness (QED) is 0.833. The summed E-state index contributed by atoms with van der Waals surface area (Å²) in [6.07, 6.45) is 4.01. The first-order valence-corrected chi connectivity index (χ1v) is 7.87. The average Bonchev–Trinajstić information content (AvgIpc) is 3.15. The summed E-state index contributed by atoms with van der Waals surface area (Å²) in [5.41, 5.74) is 0.590. The van der Waals surface area contributed by atoms with E-state index in [0.717, 1.165) is 30.6 Å². The van der Waals surface area contributed by atoms with Gasteiger partial charge in [-0.25, -0.2) is 4.68 Å². The highest BCUT2D eigenvalue weighted by Crippen LogP contribution is 2.42. The van der Waals surface area contributed by atoms with E-state index in [1.165, 1.54) is 6.33 Å². The predicted molar refractivity (Wildman–Crippen MR) is 83.9 cm³/mol. The van der Waals surface area contributed by atoms with Crippen molar-refractivity contribution in [2.45, 2.75) is 44.8 Å². The van der Waals surface area contributed by atoms with E-state index in [1.54, 1.807) is 4.68 Å². The van der Waals surface area contributed by atoms with E-state index >= 15 is 0 Å². The van der Waals surface area contributed by atoms with Gasteiger partial charge in [0.25, 0.3) is 0 Å². The maximum Gasteiger partial charge on any atom is 0.248 e. The lowest BCUT2D eigenvalue weighted by Crippen LogP contribution is -2.40. The standard InChI is InChI=1S/C16H21N5O2/c1-12(2)23-14-5-3-13(4-6-14)7-10-17-15(22)16(8-9-16)21-11-18-19-20-21/h3-6,11-12H,7-10H2,1-2H3,(H,17,22). The lowest BCUT2D eigenvalue weighted by molar-refractivity contribution is -0.125. The van der Waals surface area contributed by atoms with Crippen molar-refractivity contribution in [3.05, 3.63) is 36.2 Å². The molecule has 0 spiro atoms. The van der Waals surface area contributed by atoms with E-state index in [4.69, 9.17) is 4.74 Å². The highest BCUT2D eigenvalue weighted by atomic mass is 16.5. The smallest absolute Gasteiger partial charge is 0.248 e. The topological polar surface area (TPSA) is 81.9 Å². The van der Waals surface area contributed by atoms with Gasteiger partial charge in [0.15, 0.2) is 0 Å². The number of nitrogens with one attached hydrogen (secondary N) is 1. The van der Waals surface area contributed by atoms with Gasteiger partial charge in [0.05, 0.1) is 6.10 Å². The number of ether oxygens (including phenoxy) is 1. The SMILES string of the molecule is CC(C)Oc1ccc(CCNC(=O)C2(n3cnnn3)CC2)cc1. The molecule has 3 rings (SSSR count). The van der Waals surface area contributed by atoms with Crippen molar-refractivity contribution in [1.82, 2.24) is 25.5 Å². The second-order valence-electron chi connectivity index (χ2n) is 6.10. The van der Waals surface area contributed by atoms with Gasteiger partial charge in [-0.05, 0) is 61.2 Å². The highest BCUT2D eigenvalue weighted by Gasteiger charge is 2.53. The fourth-order valence-electron chi connectivity index (χ4n) is 2.53. The van der Waals surface area contributed by atoms with Gasteiger partial charge in [-0.15, -0.1) is 5.10 Å². The molecule has 122 valence electrons. The molecule has 0 aliphatic heterocycles. The molecule has 23 heavy (non-hydrogen) atoms. The van der Waals surface area contributed by atoms with E-state index < -0.39 is 5.54 Å². The van der Waals surface area contributed by atoms with E-state index in [0.29, 0.717) is 6.54 Å². The van der Waals surface area contributed by atoms with Crippen molar-refractivity contribution in [3.63, 3.8) is 0 Å². The zero-order valence-electron chi connectivity index (χ0n) is 13.4. The van der Waals surface area contributed by atoms with Crippen LogP contribution >= 0.6 is 0 Å². The summed E-state index contributed by atoms with van der Waals surface area (Å²) in [5, 5.41) is 14.1. The summed E-state index contributed by atoms with van der Waals surface area (Å²) in [6, 6.07) is 7.97. The molecular formula is C16H21N5O2. The molecule has 1 aliphatic rings. The van der Waals surface area contributed by atoms with Crippen LogP contribution in [-0.4, -0.2) is 38.8 Å². The minimum absolute atomic E-state index is 0.00967. The Morgan fingerprint density at radius 2 is 2.09 bits per heavy atom. The van der Waals surface area contributed by atoms with Crippen LogP contribution in [-0.2, 0) is 16.8 Å². The van der Waals surface area contributed by atoms with Crippen LogP contribution in [0.4, 0.5) is 0 Å². The minimum atomic E-state index is -0.571. The van der Waals surface area contributed by atoms with Crippen molar-refractivity contribution in [3.8, 4) is 5.75 Å². The molecule has 1 fully saturated rings. The maximum atomic E-state index is 12.3. The number of nitrogens with zero attached hydrogens (tertiary/aromatic N) is 4. The van der Waals surface area contributed by atoms with Crippen LogP contribution in [0.1, 0.15) is 32.3 Å². The molecule has 1 aliphatic carbocycles. The molecule has 2 aromatic rings. The van der Waals surface area contributed by atoms with E-state index in [2.05, 4.69) is 20.8 Å². The lowest BCUT2D eigenvalue weighted by atomic mass is 10.1. The molecule has 0 saturated heterocycles. The van der Waals surface area contributed by atoms with Crippen molar-refractivity contribution in [2.24, 2.45) is 0 Å². The normalized spacial score (nSPS) is 15.4. The molecule has 7 heteroatoms. The van der Waals surface area contributed by atoms with Crippen molar-refractivity contribution in [1.29, 1.82) is 0 Å². The number of carbonyl (C=O) groups excluding carboxylic acids is 1. The summed E-state index contributed by atoms with van der Waals surface area (Å²) < 4.78 is 7.17. The van der Waals surface area contributed by atoms with Gasteiger partial charge in [-0.3, -0.25) is 4.79 Å². The van der Waals surface area contributed by atoms with Gasteiger partial charge < -0.3 is 10.1 Å². The number of aromatic nitrogens is 4. The number of hydrogen-bond donors (Lipinski definition) is 1. The number of rotatable bonds is 7. The first-order chi connectivity index (χ1) is 11.1. The van der Waals surface area contributed by atoms with Crippen LogP contribution in [0.15, 0.2) is 30.6 Å². The Labute approximate surface area is 135 Å². The van der Waals surface area contributed by atoms with E-state index in [9.17, 15) is 4.79 Å². The van der Waals surface area contributed by atoms with Crippen LogP contribution < -0.4 is 10.1 Å². The highest BCUT2D eigenvalue weighted by molar-refractivity contribution is 5.87. The van der Waals surface area contributed by atoms with Crippen LogP contribution in [0.25, 0.3) is 0 Å². The fraction of sp³-hybridized carbons (Fsp3) is 0.500. The number of amides is 1. The first kappa shape index (κ1) is 15.5. The Morgan fingerprint density at radius 1 is 1.35 bits per heavy atom. The van der Waals surface area contributed by atoms with Crippen molar-refractivity contribution in [2.75, 3.05) is 6.54 Å². The van der Waals surface area contributed by atoms with Crippen LogP contribution in [0.5, 0.6) is 5.75 Å². The van der Waals surface area contributed by atoms with Gasteiger partial charge in [0.1, 0.15) is 17.6 Å². The summed E-state index contributed by atoms with van der Waals surface area (Å²) in [6.45, 7) is 4.59. The Hall–Kier alpha value is -2.44. The third-order valence-corrected chi connectivity index (χ3v) is 3.93. The largest absolute Gasteiger partial charge is 0.491 e. The monoisotopic (exact) mass is 315 g/mol. The van der Waals surface area contributed by atoms with Crippen LogP contribution in [0.3, 0.4) is 0 Å². The Kier molecular flexibility index (Phi) is 4.27. The Morgan fingerprint density at radius 3 is 2.65 bits per heavy atom. The lowest BCUT2D eigenvalue weighted by Gasteiger charge is -2.14. The summed E-state index contributed by atoms with van der Waals surface area (Å²) in [7, 11) is 0. The van der Waals surface area contributed by atoms with Crippen LogP contribution in [0.2, 0.25) is 0 Å². The van der Waals surface area contributed by atoms with Crippen molar-refractivity contribution < 1.29 is 9.53 Å². The minimum Gasteiger partial charge on any atom is -0.491 e. The van der Waals surface area contributed by atoms with Gasteiger partial charge in [-0.2, -0.15) is 0 Å². The number of tetrazole rings is 1. The predicted octanol–water partition coefficient (Wildman–Crippen LogP) is 1.31. The van der Waals surface area contributed by atoms with Crippen LogP contribution in [0, 0.1) is 0 Å². The van der Waals surface area contributed by atoms with E-state index in [1.807, 2.05) is 38.1 Å². The number of hydrogen-bond acceptors (Lipinski definition) is 5. The zero-order valence-corrected chi connectivity index (χ0v) is 13.4. The molecule has 7 nitrogen and oxygen atoms in total. The Balaban J connectivity index is 1.49. The van der Waals surface area contributed by atoms with E-state index in [-0.39, 0.29) is 12.0 Å². The average molecular weight is 315 g/mol. The van der Waals surface area contributed by atoms with Gasteiger partial charge in [0, 0.05) is 6.54 Å². The molecule has 1 amide bonds. The van der Waals surface area contributed by atoms with Gasteiger partial charge >= 0.3 is 0 Å². The fourth-order valence-corrected chi connectivity index (χ4v) is 2.53. The van der Waals surface area contributed by atoms with Crippen molar-refractivity contribution >= 4 is 5.91 Å². The third kappa shape index (κ3) is 3.49. The Bertz CT molecular complexity index is 648.